The average molecular weight is 259 g/mol. The molecule has 0 amide bonds. The lowest BCUT2D eigenvalue weighted by Gasteiger charge is -2.24. The molecule has 0 saturated heterocycles. The molecular formula is C10H9BrClN. The van der Waals surface area contributed by atoms with Gasteiger partial charge in [-0.2, -0.15) is 0 Å². The van der Waals surface area contributed by atoms with Crippen molar-refractivity contribution in [2.75, 3.05) is 5.33 Å². The van der Waals surface area contributed by atoms with Gasteiger partial charge in [-0.15, -0.1) is 0 Å². The predicted molar refractivity (Wildman–Crippen MR) is 59.6 cm³/mol. The first-order chi connectivity index (χ1) is 6.31. The number of benzene rings is 1. The first-order valence-electron chi connectivity index (χ1n) is 4.09. The van der Waals surface area contributed by atoms with Crippen molar-refractivity contribution in [1.29, 1.82) is 0 Å². The van der Waals surface area contributed by atoms with E-state index in [0.717, 1.165) is 17.6 Å². The maximum Gasteiger partial charge on any atom is 0.0602 e. The van der Waals surface area contributed by atoms with E-state index in [9.17, 15) is 0 Å². The second-order valence-corrected chi connectivity index (χ2v) is 3.96. The molecule has 1 aromatic carbocycles. The van der Waals surface area contributed by atoms with Gasteiger partial charge < -0.3 is 0 Å². The SMILES string of the molecule is ClN1Cc2ccccc2C=C1CBr. The van der Waals surface area contributed by atoms with Crippen molar-refractivity contribution in [1.82, 2.24) is 4.42 Å². The van der Waals surface area contributed by atoms with Gasteiger partial charge in [0, 0.05) is 22.8 Å². The minimum atomic E-state index is 0.787. The van der Waals surface area contributed by atoms with Crippen LogP contribution in [0, 0.1) is 0 Å². The Bertz CT molecular complexity index is 349. The van der Waals surface area contributed by atoms with Gasteiger partial charge in [0.15, 0.2) is 0 Å². The zero-order valence-corrected chi connectivity index (χ0v) is 9.35. The molecule has 1 aromatic rings. The molecule has 0 N–H and O–H groups in total. The molecule has 2 rings (SSSR count). The summed E-state index contributed by atoms with van der Waals surface area (Å²) >= 11 is 9.45. The number of nitrogens with zero attached hydrogens (tertiary/aromatic N) is 1. The fourth-order valence-corrected chi connectivity index (χ4v) is 2.27. The highest BCUT2D eigenvalue weighted by molar-refractivity contribution is 9.09. The fourth-order valence-electron chi connectivity index (χ4n) is 1.42. The highest BCUT2D eigenvalue weighted by Crippen LogP contribution is 2.26. The third kappa shape index (κ3) is 1.74. The molecule has 1 nitrogen and oxygen atoms in total. The van der Waals surface area contributed by atoms with Gasteiger partial charge in [-0.3, -0.25) is 4.42 Å². The molecule has 0 aliphatic carbocycles. The van der Waals surface area contributed by atoms with Crippen LogP contribution < -0.4 is 0 Å². The number of halogens is 2. The summed E-state index contributed by atoms with van der Waals surface area (Å²) in [6.07, 6.45) is 2.11. The molecule has 0 radical (unpaired) electrons. The molecular weight excluding hydrogens is 249 g/mol. The molecule has 0 fully saturated rings. The van der Waals surface area contributed by atoms with E-state index in [1.807, 2.05) is 12.1 Å². The average Bonchev–Trinajstić information content (AvgIpc) is 2.17. The lowest BCUT2D eigenvalue weighted by atomic mass is 10.0. The topological polar surface area (TPSA) is 3.24 Å². The lowest BCUT2D eigenvalue weighted by molar-refractivity contribution is 0.551. The summed E-state index contributed by atoms with van der Waals surface area (Å²) in [6.45, 7) is 0.787. The van der Waals surface area contributed by atoms with Crippen LogP contribution in [0.3, 0.4) is 0 Å². The van der Waals surface area contributed by atoms with Gasteiger partial charge in [-0.1, -0.05) is 40.2 Å². The summed E-state index contributed by atoms with van der Waals surface area (Å²) in [4.78, 5) is 0. The Hall–Kier alpha value is -0.470. The quantitative estimate of drug-likeness (QED) is 0.551. The number of rotatable bonds is 1. The van der Waals surface area contributed by atoms with E-state index in [2.05, 4.69) is 34.1 Å². The number of hydrogen-bond acceptors (Lipinski definition) is 1. The zero-order chi connectivity index (χ0) is 9.26. The molecule has 0 bridgehead atoms. The molecule has 3 heteroatoms. The van der Waals surface area contributed by atoms with Crippen LogP contribution >= 0.6 is 27.7 Å². The van der Waals surface area contributed by atoms with E-state index in [4.69, 9.17) is 11.8 Å². The van der Waals surface area contributed by atoms with Crippen LogP contribution in [0.1, 0.15) is 11.1 Å². The Morgan fingerprint density at radius 1 is 1.38 bits per heavy atom. The number of fused-ring (bicyclic) bond motifs is 1. The van der Waals surface area contributed by atoms with Crippen LogP contribution in [0.25, 0.3) is 6.08 Å². The second kappa shape index (κ2) is 3.72. The van der Waals surface area contributed by atoms with Crippen molar-refractivity contribution < 1.29 is 0 Å². The third-order valence-corrected chi connectivity index (χ3v) is 3.05. The Labute approximate surface area is 91.2 Å². The second-order valence-electron chi connectivity index (χ2n) is 2.99. The van der Waals surface area contributed by atoms with E-state index in [-0.39, 0.29) is 0 Å². The molecule has 0 saturated carbocycles. The largest absolute Gasteiger partial charge is 0.284 e. The molecule has 13 heavy (non-hydrogen) atoms. The number of allylic oxidation sites excluding steroid dienone is 1. The molecule has 68 valence electrons. The van der Waals surface area contributed by atoms with Crippen LogP contribution in [0.4, 0.5) is 0 Å². The first-order valence-corrected chi connectivity index (χ1v) is 5.55. The molecule has 0 atom stereocenters. The first kappa shape index (κ1) is 9.10. The maximum absolute atomic E-state index is 6.05. The Balaban J connectivity index is 2.44. The van der Waals surface area contributed by atoms with E-state index in [1.165, 1.54) is 11.1 Å². The normalized spacial score (nSPS) is 15.2. The van der Waals surface area contributed by atoms with Crippen molar-refractivity contribution in [2.45, 2.75) is 6.54 Å². The Morgan fingerprint density at radius 3 is 2.92 bits per heavy atom. The van der Waals surface area contributed by atoms with Crippen molar-refractivity contribution in [3.8, 4) is 0 Å². The summed E-state index contributed by atoms with van der Waals surface area (Å²) in [5, 5.41) is 0.796. The van der Waals surface area contributed by atoms with Crippen molar-refractivity contribution in [2.24, 2.45) is 0 Å². The highest BCUT2D eigenvalue weighted by atomic mass is 79.9. The van der Waals surface area contributed by atoms with Crippen LogP contribution in [0.15, 0.2) is 30.0 Å². The summed E-state index contributed by atoms with van der Waals surface area (Å²) in [7, 11) is 0. The predicted octanol–water partition coefficient (Wildman–Crippen LogP) is 3.39. The fraction of sp³-hybridized carbons (Fsp3) is 0.200. The minimum Gasteiger partial charge on any atom is -0.284 e. The summed E-state index contributed by atoms with van der Waals surface area (Å²) in [5.41, 5.74) is 3.66. The minimum absolute atomic E-state index is 0.787. The van der Waals surface area contributed by atoms with Crippen LogP contribution in [0.2, 0.25) is 0 Å². The Morgan fingerprint density at radius 2 is 2.15 bits per heavy atom. The standard InChI is InChI=1S/C10H9BrClN/c11-6-10-5-8-3-1-2-4-9(8)7-13(10)12/h1-5H,6-7H2. The molecule has 0 aromatic heterocycles. The number of hydrogen-bond donors (Lipinski definition) is 0. The van der Waals surface area contributed by atoms with Gasteiger partial charge in [0.1, 0.15) is 0 Å². The lowest BCUT2D eigenvalue weighted by Crippen LogP contribution is -2.16. The van der Waals surface area contributed by atoms with Gasteiger partial charge in [0.2, 0.25) is 0 Å². The highest BCUT2D eigenvalue weighted by Gasteiger charge is 2.14. The van der Waals surface area contributed by atoms with E-state index in [1.54, 1.807) is 4.42 Å². The molecule has 0 unspecified atom stereocenters. The monoisotopic (exact) mass is 257 g/mol. The smallest absolute Gasteiger partial charge is 0.0602 e. The maximum atomic E-state index is 6.05. The summed E-state index contributed by atoms with van der Waals surface area (Å²) in [5.74, 6) is 0. The number of alkyl halides is 1. The summed E-state index contributed by atoms with van der Waals surface area (Å²) < 4.78 is 1.75. The molecule has 1 heterocycles. The van der Waals surface area contributed by atoms with Gasteiger partial charge in [-0.25, -0.2) is 0 Å². The van der Waals surface area contributed by atoms with Crippen LogP contribution in [0.5, 0.6) is 0 Å². The zero-order valence-electron chi connectivity index (χ0n) is 7.00. The summed E-state index contributed by atoms with van der Waals surface area (Å²) in [6, 6.07) is 8.30. The van der Waals surface area contributed by atoms with Gasteiger partial charge in [-0.05, 0) is 17.2 Å². The van der Waals surface area contributed by atoms with Crippen LogP contribution in [-0.2, 0) is 6.54 Å². The molecule has 0 spiro atoms. The van der Waals surface area contributed by atoms with Crippen molar-refractivity contribution >= 4 is 33.8 Å². The molecule has 1 aliphatic heterocycles. The van der Waals surface area contributed by atoms with Gasteiger partial charge in [0.05, 0.1) is 6.54 Å². The van der Waals surface area contributed by atoms with Crippen molar-refractivity contribution in [3.63, 3.8) is 0 Å². The molecule has 1 aliphatic rings. The van der Waals surface area contributed by atoms with Crippen molar-refractivity contribution in [3.05, 3.63) is 41.1 Å². The Kier molecular flexibility index (Phi) is 2.61. The van der Waals surface area contributed by atoms with E-state index < -0.39 is 0 Å². The van der Waals surface area contributed by atoms with Gasteiger partial charge in [0.25, 0.3) is 0 Å². The third-order valence-electron chi connectivity index (χ3n) is 2.13. The van der Waals surface area contributed by atoms with Crippen LogP contribution in [-0.4, -0.2) is 9.75 Å². The van der Waals surface area contributed by atoms with E-state index >= 15 is 0 Å². The van der Waals surface area contributed by atoms with Gasteiger partial charge >= 0.3 is 0 Å². The van der Waals surface area contributed by atoms with E-state index in [0.29, 0.717) is 0 Å².